The Morgan fingerprint density at radius 1 is 1.20 bits per heavy atom. The number of amides is 1. The summed E-state index contributed by atoms with van der Waals surface area (Å²) in [5.74, 6) is -0.587. The number of nitrogens with one attached hydrogen (secondary N) is 2. The molecule has 0 spiro atoms. The minimum Gasteiger partial charge on any atom is -0.378 e. The molecule has 0 aliphatic carbocycles. The van der Waals surface area contributed by atoms with Gasteiger partial charge in [-0.2, -0.15) is 13.2 Å². The van der Waals surface area contributed by atoms with Gasteiger partial charge in [-0.1, -0.05) is 29.8 Å². The van der Waals surface area contributed by atoms with Gasteiger partial charge in [0.15, 0.2) is 0 Å². The van der Waals surface area contributed by atoms with Crippen molar-refractivity contribution in [2.45, 2.75) is 88.2 Å². The van der Waals surface area contributed by atoms with Crippen molar-refractivity contribution < 1.29 is 31.6 Å². The van der Waals surface area contributed by atoms with E-state index in [-0.39, 0.29) is 43.4 Å². The van der Waals surface area contributed by atoms with Crippen molar-refractivity contribution in [3.8, 4) is 0 Å². The van der Waals surface area contributed by atoms with Gasteiger partial charge in [-0.15, -0.1) is 0 Å². The van der Waals surface area contributed by atoms with Gasteiger partial charge in [0.1, 0.15) is 5.82 Å². The van der Waals surface area contributed by atoms with E-state index < -0.39 is 24.5 Å². The van der Waals surface area contributed by atoms with Gasteiger partial charge < -0.3 is 19.9 Å². The number of hydrogen-bond donors (Lipinski definition) is 3. The number of alkyl halides is 3. The second-order valence-electron chi connectivity index (χ2n) is 11.9. The summed E-state index contributed by atoms with van der Waals surface area (Å²) in [4.78, 5) is 15.8. The molecule has 2 fully saturated rings. The fourth-order valence-electron chi connectivity index (χ4n) is 6.61. The number of hydrogen-bond acceptors (Lipinski definition) is 6. The molecule has 44 heavy (non-hydrogen) atoms. The van der Waals surface area contributed by atoms with Crippen molar-refractivity contribution in [3.05, 3.63) is 64.4 Å². The molecular weight excluding hydrogens is 618 g/mol. The highest BCUT2D eigenvalue weighted by molar-refractivity contribution is 7.93. The van der Waals surface area contributed by atoms with Crippen LogP contribution in [0.5, 0.6) is 0 Å². The third kappa shape index (κ3) is 10.3. The van der Waals surface area contributed by atoms with E-state index in [1.807, 2.05) is 12.1 Å². The first-order valence-electron chi connectivity index (χ1n) is 15.3. The van der Waals surface area contributed by atoms with Crippen molar-refractivity contribution in [2.24, 2.45) is 5.92 Å². The zero-order valence-electron chi connectivity index (χ0n) is 24.9. The summed E-state index contributed by atoms with van der Waals surface area (Å²) in [6.45, 7) is 1.05. The summed E-state index contributed by atoms with van der Waals surface area (Å²) in [5.41, 5.74) is 1.65. The summed E-state index contributed by atoms with van der Waals surface area (Å²) in [5, 5.41) is 6.96. The van der Waals surface area contributed by atoms with Crippen LogP contribution in [0, 0.1) is 11.7 Å². The standard InChI is InChI=1S/C32H42ClF4N3O3S/c1-40-24(4-3-17-44-42)13-15-38-30(40)12-11-26-28(34)5-2-6-29(26)39-31(41)19-27(21-7-9-23(33)10-8-21)22-14-16-43-25(18-22)20-32(35,36)37/h2,5-10,22,24-25,27,30,38,42H,3-4,11-20H2,1H3,(H,39,41). The Hall–Kier alpha value is -1.89. The molecular formula is C32H42ClF4N3O3S. The van der Waals surface area contributed by atoms with E-state index in [2.05, 4.69) is 22.6 Å². The number of ether oxygens (including phenoxy) is 1. The molecule has 6 nitrogen and oxygen atoms in total. The highest BCUT2D eigenvalue weighted by Gasteiger charge is 2.38. The molecule has 2 heterocycles. The topological polar surface area (TPSA) is 73.8 Å². The Morgan fingerprint density at radius 2 is 1.98 bits per heavy atom. The van der Waals surface area contributed by atoms with E-state index in [1.54, 1.807) is 24.3 Å². The molecule has 2 aromatic carbocycles. The maximum Gasteiger partial charge on any atom is 0.391 e. The zero-order chi connectivity index (χ0) is 31.7. The predicted octanol–water partition coefficient (Wildman–Crippen LogP) is 7.88. The molecule has 2 aliphatic heterocycles. The number of carbonyl (C=O) groups is 1. The first kappa shape index (κ1) is 35.0. The Kier molecular flexibility index (Phi) is 13.2. The van der Waals surface area contributed by atoms with E-state index in [1.165, 1.54) is 6.07 Å². The van der Waals surface area contributed by atoms with Gasteiger partial charge in [0, 0.05) is 41.1 Å². The second-order valence-corrected chi connectivity index (χ2v) is 13.0. The van der Waals surface area contributed by atoms with Crippen molar-refractivity contribution >= 4 is 35.2 Å². The molecule has 0 saturated carbocycles. The summed E-state index contributed by atoms with van der Waals surface area (Å²) >= 11 is 6.96. The third-order valence-corrected chi connectivity index (χ3v) is 9.62. The highest BCUT2D eigenvalue weighted by atomic mass is 35.5. The molecule has 0 bridgehead atoms. The Balaban J connectivity index is 1.44. The van der Waals surface area contributed by atoms with Gasteiger partial charge in [-0.25, -0.2) is 4.39 Å². The average Bonchev–Trinajstić information content (AvgIpc) is 2.97. The fourth-order valence-corrected chi connectivity index (χ4v) is 7.03. The fraction of sp³-hybridized carbons (Fsp3) is 0.594. The van der Waals surface area contributed by atoms with Crippen LogP contribution in [0.3, 0.4) is 0 Å². The number of halogens is 5. The summed E-state index contributed by atoms with van der Waals surface area (Å²) in [6, 6.07) is 12.1. The first-order chi connectivity index (χ1) is 21.0. The van der Waals surface area contributed by atoms with Gasteiger partial charge in [-0.05, 0) is 112 Å². The number of rotatable bonds is 13. The van der Waals surface area contributed by atoms with E-state index in [9.17, 15) is 18.0 Å². The van der Waals surface area contributed by atoms with Gasteiger partial charge in [0.25, 0.3) is 0 Å². The average molecular weight is 660 g/mol. The number of nitrogens with zero attached hydrogens (tertiary/aromatic N) is 1. The summed E-state index contributed by atoms with van der Waals surface area (Å²) < 4.78 is 69.0. The van der Waals surface area contributed by atoms with E-state index >= 15 is 4.39 Å². The van der Waals surface area contributed by atoms with Crippen LogP contribution in [-0.4, -0.2) is 65.8 Å². The Morgan fingerprint density at radius 3 is 2.70 bits per heavy atom. The lowest BCUT2D eigenvalue weighted by Gasteiger charge is -2.40. The van der Waals surface area contributed by atoms with Crippen molar-refractivity contribution in [1.82, 2.24) is 10.2 Å². The van der Waals surface area contributed by atoms with Gasteiger partial charge >= 0.3 is 6.18 Å². The normalized spacial score (nSPS) is 23.8. The maximum absolute atomic E-state index is 15.1. The maximum atomic E-state index is 15.1. The minimum absolute atomic E-state index is 0.0295. The van der Waals surface area contributed by atoms with Crippen LogP contribution in [0.25, 0.3) is 0 Å². The summed E-state index contributed by atoms with van der Waals surface area (Å²) in [7, 11) is 2.06. The highest BCUT2D eigenvalue weighted by Crippen LogP contribution is 2.40. The molecule has 3 N–H and O–H groups in total. The van der Waals surface area contributed by atoms with Crippen LogP contribution < -0.4 is 10.6 Å². The van der Waals surface area contributed by atoms with Crippen LogP contribution >= 0.6 is 23.6 Å². The van der Waals surface area contributed by atoms with Crippen LogP contribution in [0.2, 0.25) is 5.02 Å². The largest absolute Gasteiger partial charge is 0.391 e. The lowest BCUT2D eigenvalue weighted by molar-refractivity contribution is -0.169. The molecule has 0 aromatic heterocycles. The first-order valence-corrected chi connectivity index (χ1v) is 16.6. The molecule has 2 aromatic rings. The molecule has 4 rings (SSSR count). The molecule has 0 radical (unpaired) electrons. The van der Waals surface area contributed by atoms with Crippen LogP contribution in [0.1, 0.15) is 68.4 Å². The van der Waals surface area contributed by atoms with Crippen molar-refractivity contribution in [1.29, 1.82) is 0 Å². The van der Waals surface area contributed by atoms with E-state index in [0.29, 0.717) is 47.3 Å². The lowest BCUT2D eigenvalue weighted by Crippen LogP contribution is -2.54. The smallest absolute Gasteiger partial charge is 0.378 e. The van der Waals surface area contributed by atoms with Gasteiger partial charge in [0.05, 0.1) is 18.7 Å². The van der Waals surface area contributed by atoms with Gasteiger partial charge in [-0.3, -0.25) is 9.69 Å². The molecule has 244 valence electrons. The lowest BCUT2D eigenvalue weighted by atomic mass is 9.77. The van der Waals surface area contributed by atoms with Crippen molar-refractivity contribution in [2.75, 3.05) is 31.3 Å². The number of anilines is 1. The number of carbonyl (C=O) groups excluding carboxylic acids is 1. The molecule has 12 heteroatoms. The molecule has 1 amide bonds. The zero-order valence-corrected chi connectivity index (χ0v) is 26.5. The molecule has 5 unspecified atom stereocenters. The minimum atomic E-state index is -4.34. The van der Waals surface area contributed by atoms with E-state index in [0.717, 1.165) is 43.4 Å². The second kappa shape index (κ2) is 16.6. The van der Waals surface area contributed by atoms with E-state index in [4.69, 9.17) is 20.9 Å². The van der Waals surface area contributed by atoms with Crippen LogP contribution in [0.15, 0.2) is 42.5 Å². The van der Waals surface area contributed by atoms with Gasteiger partial charge in [0.2, 0.25) is 5.91 Å². The van der Waals surface area contributed by atoms with Crippen LogP contribution in [0.4, 0.5) is 23.2 Å². The number of benzene rings is 2. The molecule has 5 atom stereocenters. The monoisotopic (exact) mass is 659 g/mol. The predicted molar refractivity (Wildman–Crippen MR) is 168 cm³/mol. The Bertz CT molecular complexity index is 1210. The third-order valence-electron chi connectivity index (χ3n) is 8.90. The summed E-state index contributed by atoms with van der Waals surface area (Å²) in [6.07, 6.45) is -1.59. The Labute approximate surface area is 266 Å². The molecule has 2 saturated heterocycles. The van der Waals surface area contributed by atoms with Crippen molar-refractivity contribution in [3.63, 3.8) is 0 Å². The van der Waals surface area contributed by atoms with Crippen LogP contribution in [-0.2, 0) is 16.0 Å². The SMILES string of the molecule is CN1C(CCCSO)CCNC1CCc1c(F)cccc1NC(=O)CC(c1ccc(Cl)cc1)C1CCOC(CC(F)(F)F)C1. The molecule has 2 aliphatic rings. The quantitative estimate of drug-likeness (QED) is 0.115.